The van der Waals surface area contributed by atoms with E-state index in [0.29, 0.717) is 0 Å². The van der Waals surface area contributed by atoms with Gasteiger partial charge in [-0.1, -0.05) is 0 Å². The van der Waals surface area contributed by atoms with Crippen LogP contribution in [0, 0.1) is 0 Å². The molecule has 0 aliphatic heterocycles. The van der Waals surface area contributed by atoms with Crippen molar-refractivity contribution in [1.82, 2.24) is 9.97 Å². The minimum Gasteiger partial charge on any atom is -0.396 e. The minimum atomic E-state index is -5.01. The molecule has 114 valence electrons. The van der Waals surface area contributed by atoms with E-state index in [1.165, 1.54) is 7.05 Å². The van der Waals surface area contributed by atoms with Crippen LogP contribution in [0.15, 0.2) is 12.1 Å². The van der Waals surface area contributed by atoms with Crippen molar-refractivity contribution in [2.24, 2.45) is 0 Å². The summed E-state index contributed by atoms with van der Waals surface area (Å²) in [5, 5.41) is 2.46. The predicted molar refractivity (Wildman–Crippen MR) is 63.5 cm³/mol. The van der Waals surface area contributed by atoms with E-state index in [-0.39, 0.29) is 17.6 Å². The van der Waals surface area contributed by atoms with Crippen LogP contribution in [0.4, 0.5) is 37.8 Å². The Morgan fingerprint density at radius 3 is 2.10 bits per heavy atom. The Bertz CT molecular complexity index is 692. The van der Waals surface area contributed by atoms with Crippen molar-refractivity contribution >= 4 is 22.5 Å². The molecule has 2 aromatic heterocycles. The minimum absolute atomic E-state index is 0.0645. The van der Waals surface area contributed by atoms with Gasteiger partial charge in [0.1, 0.15) is 17.0 Å². The second-order valence-electron chi connectivity index (χ2n) is 4.09. The molecule has 0 spiro atoms. The molecule has 2 aromatic rings. The van der Waals surface area contributed by atoms with Crippen LogP contribution in [0.2, 0.25) is 0 Å². The van der Waals surface area contributed by atoms with E-state index < -0.39 is 34.6 Å². The van der Waals surface area contributed by atoms with Gasteiger partial charge in [0, 0.05) is 7.05 Å². The number of fused-ring (bicyclic) bond motifs is 1. The number of alkyl halides is 6. The number of anilines is 2. The molecule has 0 radical (unpaired) electrons. The molecule has 2 heterocycles. The highest BCUT2D eigenvalue weighted by Gasteiger charge is 2.40. The quantitative estimate of drug-likeness (QED) is 0.793. The van der Waals surface area contributed by atoms with Crippen molar-refractivity contribution in [3.63, 3.8) is 0 Å². The fraction of sp³-hybridized carbons (Fsp3) is 0.273. The summed E-state index contributed by atoms with van der Waals surface area (Å²) >= 11 is 0. The van der Waals surface area contributed by atoms with E-state index in [9.17, 15) is 26.3 Å². The SMILES string of the molecule is CNc1nc2c(C(F)(F)F)cc(C(F)(F)F)nc2cc1N. The lowest BCUT2D eigenvalue weighted by molar-refractivity contribution is -0.144. The van der Waals surface area contributed by atoms with Crippen LogP contribution in [0.25, 0.3) is 11.0 Å². The molecule has 0 atom stereocenters. The molecule has 0 fully saturated rings. The Morgan fingerprint density at radius 2 is 1.62 bits per heavy atom. The Labute approximate surface area is 114 Å². The third kappa shape index (κ3) is 2.78. The van der Waals surface area contributed by atoms with Gasteiger partial charge in [-0.05, 0) is 12.1 Å². The second-order valence-corrected chi connectivity index (χ2v) is 4.09. The summed E-state index contributed by atoms with van der Waals surface area (Å²) < 4.78 is 76.7. The largest absolute Gasteiger partial charge is 0.433 e. The van der Waals surface area contributed by atoms with Crippen LogP contribution in [0.1, 0.15) is 11.3 Å². The Morgan fingerprint density at radius 1 is 1.00 bits per heavy atom. The standard InChI is InChI=1S/C11H8F6N4/c1-19-9-5(18)3-6-8(21-9)4(10(12,13)14)2-7(20-6)11(15,16)17/h2-3H,18H2,1H3,(H,19,21). The topological polar surface area (TPSA) is 63.8 Å². The molecule has 4 nitrogen and oxygen atoms in total. The first-order chi connectivity index (χ1) is 9.54. The van der Waals surface area contributed by atoms with Gasteiger partial charge >= 0.3 is 12.4 Å². The van der Waals surface area contributed by atoms with Crippen molar-refractivity contribution in [3.05, 3.63) is 23.4 Å². The molecule has 21 heavy (non-hydrogen) atoms. The summed E-state index contributed by atoms with van der Waals surface area (Å²) in [5.41, 5.74) is 0.937. The summed E-state index contributed by atoms with van der Waals surface area (Å²) in [6, 6.07) is 0.851. The molecule has 0 aliphatic rings. The number of nitrogens with zero attached hydrogens (tertiary/aromatic N) is 2. The summed E-state index contributed by atoms with van der Waals surface area (Å²) in [6.45, 7) is 0. The lowest BCUT2D eigenvalue weighted by Gasteiger charge is -2.14. The maximum atomic E-state index is 12.9. The van der Waals surface area contributed by atoms with Gasteiger partial charge in [0.2, 0.25) is 0 Å². The van der Waals surface area contributed by atoms with Gasteiger partial charge in [-0.2, -0.15) is 26.3 Å². The number of rotatable bonds is 1. The lowest BCUT2D eigenvalue weighted by atomic mass is 10.1. The highest BCUT2D eigenvalue weighted by Crippen LogP contribution is 2.38. The fourth-order valence-electron chi connectivity index (χ4n) is 1.73. The van der Waals surface area contributed by atoms with Gasteiger partial charge < -0.3 is 11.1 Å². The van der Waals surface area contributed by atoms with E-state index in [2.05, 4.69) is 15.3 Å². The summed E-state index contributed by atoms with van der Waals surface area (Å²) in [5.74, 6) is -0.0745. The Kier molecular flexibility index (Phi) is 3.34. The fourth-order valence-corrected chi connectivity index (χ4v) is 1.73. The van der Waals surface area contributed by atoms with Crippen molar-refractivity contribution in [1.29, 1.82) is 0 Å². The molecule has 2 rings (SSSR count). The van der Waals surface area contributed by atoms with Gasteiger partial charge in [-0.3, -0.25) is 0 Å². The highest BCUT2D eigenvalue weighted by atomic mass is 19.4. The molecule has 0 amide bonds. The predicted octanol–water partition coefficient (Wildman–Crippen LogP) is 3.29. The van der Waals surface area contributed by atoms with Crippen LogP contribution in [0.3, 0.4) is 0 Å². The maximum absolute atomic E-state index is 12.9. The average molecular weight is 310 g/mol. The third-order valence-electron chi connectivity index (χ3n) is 2.64. The number of pyridine rings is 2. The molecule has 0 unspecified atom stereocenters. The first-order valence-corrected chi connectivity index (χ1v) is 5.47. The van der Waals surface area contributed by atoms with Crippen molar-refractivity contribution < 1.29 is 26.3 Å². The van der Waals surface area contributed by atoms with Crippen molar-refractivity contribution in [2.75, 3.05) is 18.1 Å². The smallest absolute Gasteiger partial charge is 0.396 e. The first kappa shape index (κ1) is 15.1. The van der Waals surface area contributed by atoms with E-state index in [1.54, 1.807) is 0 Å². The number of hydrogen-bond donors (Lipinski definition) is 2. The van der Waals surface area contributed by atoms with Crippen LogP contribution >= 0.6 is 0 Å². The highest BCUT2D eigenvalue weighted by molar-refractivity contribution is 5.85. The van der Waals surface area contributed by atoms with Crippen LogP contribution in [-0.4, -0.2) is 17.0 Å². The third-order valence-corrected chi connectivity index (χ3v) is 2.64. The molecular weight excluding hydrogens is 302 g/mol. The van der Waals surface area contributed by atoms with Crippen LogP contribution < -0.4 is 11.1 Å². The molecule has 0 bridgehead atoms. The monoisotopic (exact) mass is 310 g/mol. The van der Waals surface area contributed by atoms with E-state index >= 15 is 0 Å². The summed E-state index contributed by atoms with van der Waals surface area (Å²) in [7, 11) is 1.37. The number of nitrogens with one attached hydrogen (secondary N) is 1. The zero-order chi connectivity index (χ0) is 16.0. The zero-order valence-electron chi connectivity index (χ0n) is 10.4. The summed E-state index contributed by atoms with van der Waals surface area (Å²) in [6.07, 6.45) is -10.0. The number of halogens is 6. The Balaban J connectivity index is 2.88. The molecule has 3 N–H and O–H groups in total. The normalized spacial score (nSPS) is 12.7. The zero-order valence-corrected chi connectivity index (χ0v) is 10.4. The summed E-state index contributed by atoms with van der Waals surface area (Å²) in [4.78, 5) is 6.76. The van der Waals surface area contributed by atoms with E-state index in [1.807, 2.05) is 0 Å². The average Bonchev–Trinajstić information content (AvgIpc) is 2.34. The number of hydrogen-bond acceptors (Lipinski definition) is 4. The molecule has 0 saturated heterocycles. The maximum Gasteiger partial charge on any atom is 0.433 e. The van der Waals surface area contributed by atoms with Crippen LogP contribution in [-0.2, 0) is 12.4 Å². The lowest BCUT2D eigenvalue weighted by Crippen LogP contribution is -2.15. The van der Waals surface area contributed by atoms with Crippen molar-refractivity contribution in [2.45, 2.75) is 12.4 Å². The van der Waals surface area contributed by atoms with E-state index in [0.717, 1.165) is 6.07 Å². The number of nitrogen functional groups attached to an aromatic ring is 1. The second kappa shape index (κ2) is 4.64. The number of aromatic nitrogens is 2. The van der Waals surface area contributed by atoms with Gasteiger partial charge in [0.25, 0.3) is 0 Å². The molecule has 0 saturated carbocycles. The number of nitrogens with two attached hydrogens (primary N) is 1. The first-order valence-electron chi connectivity index (χ1n) is 5.47. The molecule has 0 aromatic carbocycles. The van der Waals surface area contributed by atoms with Gasteiger partial charge in [-0.25, -0.2) is 9.97 Å². The van der Waals surface area contributed by atoms with Gasteiger partial charge in [0.15, 0.2) is 0 Å². The molecular formula is C11H8F6N4. The van der Waals surface area contributed by atoms with Crippen LogP contribution in [0.5, 0.6) is 0 Å². The van der Waals surface area contributed by atoms with E-state index in [4.69, 9.17) is 5.73 Å². The Hall–Kier alpha value is -2.26. The van der Waals surface area contributed by atoms with Crippen molar-refractivity contribution in [3.8, 4) is 0 Å². The molecule has 0 aliphatic carbocycles. The molecule has 10 heteroatoms. The van der Waals surface area contributed by atoms with Gasteiger partial charge in [0.05, 0.1) is 16.8 Å². The van der Waals surface area contributed by atoms with Gasteiger partial charge in [-0.15, -0.1) is 0 Å².